The molecule has 68 valence electrons. The van der Waals surface area contributed by atoms with Crippen molar-refractivity contribution >= 4 is 0 Å². The Labute approximate surface area is 66.1 Å². The lowest BCUT2D eigenvalue weighted by Gasteiger charge is -2.24. The molecule has 0 rings (SSSR count). The van der Waals surface area contributed by atoms with Gasteiger partial charge in [-0.15, -0.1) is 0 Å². The van der Waals surface area contributed by atoms with E-state index in [0.29, 0.717) is 0 Å². The summed E-state index contributed by atoms with van der Waals surface area (Å²) in [5, 5.41) is 35.6. The van der Waals surface area contributed by atoms with Crippen molar-refractivity contribution in [3.63, 3.8) is 0 Å². The third kappa shape index (κ3) is 3.16. The van der Waals surface area contributed by atoms with Crippen LogP contribution in [0.4, 0.5) is 0 Å². The number of rotatable bonds is 4. The molecule has 4 heteroatoms. The topological polar surface area (TPSA) is 80.9 Å². The molecule has 4 atom stereocenters. The molecule has 0 saturated carbocycles. The Morgan fingerprint density at radius 2 is 1.55 bits per heavy atom. The monoisotopic (exact) mass is 164 g/mol. The maximum absolute atomic E-state index is 9.18. The fourth-order valence-electron chi connectivity index (χ4n) is 0.833. The molecule has 0 bridgehead atoms. The molecule has 0 fully saturated rings. The fourth-order valence-corrected chi connectivity index (χ4v) is 0.833. The molecule has 0 saturated heterocycles. The van der Waals surface area contributed by atoms with Crippen LogP contribution in [0.3, 0.4) is 0 Å². The number of aliphatic hydroxyl groups is 4. The summed E-state index contributed by atoms with van der Waals surface area (Å²) in [4.78, 5) is 0. The van der Waals surface area contributed by atoms with Gasteiger partial charge in [-0.05, 0) is 6.92 Å². The summed E-state index contributed by atoms with van der Waals surface area (Å²) in [5.74, 6) is -0.514. The van der Waals surface area contributed by atoms with Crippen LogP contribution < -0.4 is 0 Å². The van der Waals surface area contributed by atoms with Crippen molar-refractivity contribution in [1.82, 2.24) is 0 Å². The zero-order chi connectivity index (χ0) is 9.02. The van der Waals surface area contributed by atoms with E-state index in [-0.39, 0.29) is 0 Å². The molecule has 0 aliphatic carbocycles. The van der Waals surface area contributed by atoms with Gasteiger partial charge < -0.3 is 20.4 Å². The van der Waals surface area contributed by atoms with E-state index in [2.05, 4.69) is 0 Å². The summed E-state index contributed by atoms with van der Waals surface area (Å²) in [6.45, 7) is 2.61. The zero-order valence-electron chi connectivity index (χ0n) is 6.81. The molecule has 0 heterocycles. The second-order valence-electron chi connectivity index (χ2n) is 2.84. The second kappa shape index (κ2) is 4.66. The van der Waals surface area contributed by atoms with E-state index in [1.165, 1.54) is 6.92 Å². The first-order chi connectivity index (χ1) is 5.00. The first-order valence-electron chi connectivity index (χ1n) is 3.65. The molecular formula is C7H16O4. The summed E-state index contributed by atoms with van der Waals surface area (Å²) < 4.78 is 0. The van der Waals surface area contributed by atoms with Gasteiger partial charge in [-0.3, -0.25) is 0 Å². The van der Waals surface area contributed by atoms with Gasteiger partial charge in [0, 0.05) is 5.92 Å². The third-order valence-electron chi connectivity index (χ3n) is 1.83. The van der Waals surface area contributed by atoms with Gasteiger partial charge in [0.25, 0.3) is 0 Å². The van der Waals surface area contributed by atoms with Crippen LogP contribution >= 0.6 is 0 Å². The molecule has 0 aliphatic heterocycles. The minimum Gasteiger partial charge on any atom is -0.394 e. The number of hydrogen-bond donors (Lipinski definition) is 4. The van der Waals surface area contributed by atoms with Crippen molar-refractivity contribution in [1.29, 1.82) is 0 Å². The van der Waals surface area contributed by atoms with E-state index in [9.17, 15) is 5.11 Å². The van der Waals surface area contributed by atoms with Gasteiger partial charge >= 0.3 is 0 Å². The van der Waals surface area contributed by atoms with E-state index < -0.39 is 30.8 Å². The molecule has 0 aromatic carbocycles. The Balaban J connectivity index is 3.90. The van der Waals surface area contributed by atoms with Crippen LogP contribution in [0.5, 0.6) is 0 Å². The Morgan fingerprint density at radius 3 is 1.82 bits per heavy atom. The quantitative estimate of drug-likeness (QED) is 0.417. The minimum atomic E-state index is -0.989. The lowest BCUT2D eigenvalue weighted by molar-refractivity contribution is -0.0573. The zero-order valence-corrected chi connectivity index (χ0v) is 6.81. The normalized spacial score (nSPS) is 22.4. The molecule has 0 aromatic rings. The van der Waals surface area contributed by atoms with E-state index >= 15 is 0 Å². The summed E-state index contributed by atoms with van der Waals surface area (Å²) in [6, 6.07) is 0. The standard InChI is InChI=1S/C7H16O4/c1-4(6(10)3-8)7(11)5(2)9/h4-11H,3H2,1-2H3. The predicted octanol–water partition coefficient (Wildman–Crippen LogP) is -1.28. The molecule has 11 heavy (non-hydrogen) atoms. The summed E-state index contributed by atoms with van der Waals surface area (Å²) in [7, 11) is 0. The Kier molecular flexibility index (Phi) is 4.60. The van der Waals surface area contributed by atoms with E-state index in [4.69, 9.17) is 15.3 Å². The largest absolute Gasteiger partial charge is 0.394 e. The highest BCUT2D eigenvalue weighted by Gasteiger charge is 2.25. The van der Waals surface area contributed by atoms with Crippen molar-refractivity contribution in [2.24, 2.45) is 5.92 Å². The highest BCUT2D eigenvalue weighted by atomic mass is 16.3. The molecular weight excluding hydrogens is 148 g/mol. The first-order valence-corrected chi connectivity index (χ1v) is 3.65. The van der Waals surface area contributed by atoms with Crippen LogP contribution in [0, 0.1) is 5.92 Å². The highest BCUT2D eigenvalue weighted by Crippen LogP contribution is 2.11. The molecule has 4 N–H and O–H groups in total. The van der Waals surface area contributed by atoms with E-state index in [0.717, 1.165) is 0 Å². The van der Waals surface area contributed by atoms with E-state index in [1.54, 1.807) is 6.92 Å². The predicted molar refractivity (Wildman–Crippen MR) is 39.9 cm³/mol. The highest BCUT2D eigenvalue weighted by molar-refractivity contribution is 4.75. The average molecular weight is 164 g/mol. The maximum atomic E-state index is 9.18. The maximum Gasteiger partial charge on any atom is 0.0847 e. The van der Waals surface area contributed by atoms with Crippen molar-refractivity contribution < 1.29 is 20.4 Å². The smallest absolute Gasteiger partial charge is 0.0847 e. The number of aliphatic hydroxyl groups excluding tert-OH is 4. The second-order valence-corrected chi connectivity index (χ2v) is 2.84. The van der Waals surface area contributed by atoms with Crippen molar-refractivity contribution in [3.8, 4) is 0 Å². The van der Waals surface area contributed by atoms with Crippen LogP contribution in [-0.4, -0.2) is 45.3 Å². The first kappa shape index (κ1) is 10.8. The molecule has 0 spiro atoms. The lowest BCUT2D eigenvalue weighted by atomic mass is 9.95. The Hall–Kier alpha value is -0.160. The summed E-state index contributed by atoms with van der Waals surface area (Å²) in [5.41, 5.74) is 0. The molecule has 0 amide bonds. The van der Waals surface area contributed by atoms with Gasteiger partial charge in [-0.2, -0.15) is 0 Å². The summed E-state index contributed by atoms with van der Waals surface area (Å²) in [6.07, 6.45) is -2.84. The average Bonchev–Trinajstić information content (AvgIpc) is 2.00. The van der Waals surface area contributed by atoms with Crippen LogP contribution in [0.25, 0.3) is 0 Å². The molecule has 0 radical (unpaired) electrons. The van der Waals surface area contributed by atoms with Crippen molar-refractivity contribution in [3.05, 3.63) is 0 Å². The van der Waals surface area contributed by atoms with Gasteiger partial charge in [0.1, 0.15) is 0 Å². The van der Waals surface area contributed by atoms with Crippen molar-refractivity contribution in [2.75, 3.05) is 6.61 Å². The van der Waals surface area contributed by atoms with Crippen LogP contribution in [0.2, 0.25) is 0 Å². The molecule has 0 aliphatic rings. The Morgan fingerprint density at radius 1 is 1.09 bits per heavy atom. The van der Waals surface area contributed by atoms with Gasteiger partial charge in [-0.25, -0.2) is 0 Å². The lowest BCUT2D eigenvalue weighted by Crippen LogP contribution is -2.38. The van der Waals surface area contributed by atoms with Gasteiger partial charge in [0.2, 0.25) is 0 Å². The van der Waals surface area contributed by atoms with Crippen molar-refractivity contribution in [2.45, 2.75) is 32.2 Å². The van der Waals surface area contributed by atoms with Crippen LogP contribution in [0.1, 0.15) is 13.8 Å². The third-order valence-corrected chi connectivity index (χ3v) is 1.83. The molecule has 4 unspecified atom stereocenters. The minimum absolute atomic E-state index is 0.398. The van der Waals surface area contributed by atoms with Gasteiger partial charge in [-0.1, -0.05) is 6.92 Å². The molecule has 4 nitrogen and oxygen atoms in total. The fraction of sp³-hybridized carbons (Fsp3) is 1.00. The summed E-state index contributed by atoms with van der Waals surface area (Å²) >= 11 is 0. The van der Waals surface area contributed by atoms with Gasteiger partial charge in [0.15, 0.2) is 0 Å². The SMILES string of the molecule is CC(O)C(O)C(C)C(O)CO. The van der Waals surface area contributed by atoms with Gasteiger partial charge in [0.05, 0.1) is 24.9 Å². The Bertz CT molecular complexity index is 105. The van der Waals surface area contributed by atoms with E-state index in [1.807, 2.05) is 0 Å². The number of hydrogen-bond acceptors (Lipinski definition) is 4. The van der Waals surface area contributed by atoms with Crippen LogP contribution in [-0.2, 0) is 0 Å². The molecule has 0 aromatic heterocycles. The van der Waals surface area contributed by atoms with Crippen LogP contribution in [0.15, 0.2) is 0 Å².